The number of anilines is 1. The largest absolute Gasteiger partial charge is 0.330 e. The van der Waals surface area contributed by atoms with Crippen molar-refractivity contribution in [3.05, 3.63) is 29.3 Å². The van der Waals surface area contributed by atoms with Gasteiger partial charge in [0, 0.05) is 12.6 Å². The van der Waals surface area contributed by atoms with Crippen LogP contribution >= 0.6 is 0 Å². The number of nitrogens with two attached hydrogens (primary N) is 1. The Hall–Kier alpha value is -1.63. The fourth-order valence-electron chi connectivity index (χ4n) is 1.58. The summed E-state index contributed by atoms with van der Waals surface area (Å²) in [7, 11) is 0. The first-order chi connectivity index (χ1) is 8.79. The van der Waals surface area contributed by atoms with Crippen LogP contribution in [-0.4, -0.2) is 12.5 Å². The number of nitrogens with one attached hydrogen (secondary N) is 1. The molecule has 1 atom stereocenters. The second kappa shape index (κ2) is 6.01. The zero-order valence-electron chi connectivity index (χ0n) is 10.4. The first-order valence-corrected chi connectivity index (χ1v) is 5.63. The smallest absolute Gasteiger partial charge is 0.229 e. The van der Waals surface area contributed by atoms with Crippen molar-refractivity contribution in [2.75, 3.05) is 11.9 Å². The average Bonchev–Trinajstić information content (AvgIpc) is 2.32. The van der Waals surface area contributed by atoms with Crippen molar-refractivity contribution >= 4 is 11.6 Å². The van der Waals surface area contributed by atoms with Gasteiger partial charge in [-0.25, -0.2) is 17.6 Å². The molecule has 19 heavy (non-hydrogen) atoms. The van der Waals surface area contributed by atoms with Crippen molar-refractivity contribution in [2.24, 2.45) is 17.6 Å². The molecule has 0 heterocycles. The molecule has 7 heteroatoms. The van der Waals surface area contributed by atoms with E-state index < -0.39 is 40.8 Å². The highest BCUT2D eigenvalue weighted by Gasteiger charge is 2.25. The minimum Gasteiger partial charge on any atom is -0.330 e. The van der Waals surface area contributed by atoms with Gasteiger partial charge in [-0.1, -0.05) is 13.8 Å². The van der Waals surface area contributed by atoms with Gasteiger partial charge in [0.2, 0.25) is 5.91 Å². The highest BCUT2D eigenvalue weighted by Crippen LogP contribution is 2.25. The molecule has 3 nitrogen and oxygen atoms in total. The summed E-state index contributed by atoms with van der Waals surface area (Å²) in [6.45, 7) is 3.33. The number of amides is 1. The zero-order valence-corrected chi connectivity index (χ0v) is 10.4. The quantitative estimate of drug-likeness (QED) is 0.656. The summed E-state index contributed by atoms with van der Waals surface area (Å²) in [6.07, 6.45) is 0. The van der Waals surface area contributed by atoms with Crippen LogP contribution in [0.25, 0.3) is 0 Å². The summed E-state index contributed by atoms with van der Waals surface area (Å²) in [5.74, 6) is -8.15. The molecule has 0 fully saturated rings. The minimum absolute atomic E-state index is 0.0511. The summed E-state index contributed by atoms with van der Waals surface area (Å²) in [5, 5.41) is 1.84. The van der Waals surface area contributed by atoms with Gasteiger partial charge in [0.05, 0.1) is 5.92 Å². The number of hydrogen-bond acceptors (Lipinski definition) is 2. The molecule has 0 spiro atoms. The van der Waals surface area contributed by atoms with Crippen LogP contribution in [0.4, 0.5) is 23.2 Å². The van der Waals surface area contributed by atoms with Crippen LogP contribution in [0.2, 0.25) is 0 Å². The molecule has 0 aliphatic rings. The van der Waals surface area contributed by atoms with Crippen molar-refractivity contribution in [2.45, 2.75) is 13.8 Å². The Balaban J connectivity index is 3.09. The second-order valence-electron chi connectivity index (χ2n) is 4.42. The number of rotatable bonds is 4. The third-order valence-corrected chi connectivity index (χ3v) is 2.76. The van der Waals surface area contributed by atoms with Crippen LogP contribution in [-0.2, 0) is 4.79 Å². The molecule has 1 aromatic carbocycles. The summed E-state index contributed by atoms with van der Waals surface area (Å²) < 4.78 is 52.6. The first kappa shape index (κ1) is 15.4. The fourth-order valence-corrected chi connectivity index (χ4v) is 1.58. The van der Waals surface area contributed by atoms with E-state index in [1.807, 2.05) is 5.32 Å². The van der Waals surface area contributed by atoms with E-state index in [9.17, 15) is 22.4 Å². The molecular formula is C12H14F4N2O. The predicted octanol–water partition coefficient (Wildman–Crippen LogP) is 2.41. The lowest BCUT2D eigenvalue weighted by Gasteiger charge is -2.18. The number of carbonyl (C=O) groups is 1. The SMILES string of the molecule is CC(C)C(CN)C(=O)Nc1c(F)c(F)cc(F)c1F. The summed E-state index contributed by atoms with van der Waals surface area (Å²) >= 11 is 0. The lowest BCUT2D eigenvalue weighted by atomic mass is 9.95. The molecule has 3 N–H and O–H groups in total. The maximum atomic E-state index is 13.3. The molecule has 106 valence electrons. The van der Waals surface area contributed by atoms with Crippen LogP contribution in [0.3, 0.4) is 0 Å². The van der Waals surface area contributed by atoms with E-state index in [4.69, 9.17) is 5.73 Å². The molecule has 0 aliphatic heterocycles. The Morgan fingerprint density at radius 1 is 1.21 bits per heavy atom. The molecule has 0 aliphatic carbocycles. The monoisotopic (exact) mass is 278 g/mol. The molecular weight excluding hydrogens is 264 g/mol. The molecule has 0 saturated carbocycles. The van der Waals surface area contributed by atoms with Gasteiger partial charge in [0.15, 0.2) is 23.3 Å². The highest BCUT2D eigenvalue weighted by molar-refractivity contribution is 5.93. The van der Waals surface area contributed by atoms with Gasteiger partial charge in [-0.2, -0.15) is 0 Å². The van der Waals surface area contributed by atoms with Crippen LogP contribution in [0.5, 0.6) is 0 Å². The third-order valence-electron chi connectivity index (χ3n) is 2.76. The van der Waals surface area contributed by atoms with E-state index in [-0.39, 0.29) is 18.5 Å². The maximum absolute atomic E-state index is 13.3. The topological polar surface area (TPSA) is 55.1 Å². The zero-order chi connectivity index (χ0) is 14.7. The van der Waals surface area contributed by atoms with E-state index in [1.165, 1.54) is 0 Å². The van der Waals surface area contributed by atoms with Crippen molar-refractivity contribution in [3.8, 4) is 0 Å². The predicted molar refractivity (Wildman–Crippen MR) is 62.3 cm³/mol. The van der Waals surface area contributed by atoms with E-state index in [1.54, 1.807) is 13.8 Å². The molecule has 0 bridgehead atoms. The van der Waals surface area contributed by atoms with Crippen LogP contribution in [0, 0.1) is 35.1 Å². The molecule has 1 aromatic rings. The second-order valence-corrected chi connectivity index (χ2v) is 4.42. The first-order valence-electron chi connectivity index (χ1n) is 5.63. The number of halogens is 4. The lowest BCUT2D eigenvalue weighted by Crippen LogP contribution is -2.33. The average molecular weight is 278 g/mol. The van der Waals surface area contributed by atoms with Crippen molar-refractivity contribution in [1.82, 2.24) is 0 Å². The van der Waals surface area contributed by atoms with Crippen LogP contribution in [0.15, 0.2) is 6.07 Å². The minimum atomic E-state index is -1.65. The highest BCUT2D eigenvalue weighted by atomic mass is 19.2. The van der Waals surface area contributed by atoms with Crippen molar-refractivity contribution < 1.29 is 22.4 Å². The summed E-state index contributed by atoms with van der Waals surface area (Å²) in [6, 6.07) is 0.0726. The third kappa shape index (κ3) is 3.23. The Bertz CT molecular complexity index is 465. The van der Waals surface area contributed by atoms with E-state index in [2.05, 4.69) is 0 Å². The Morgan fingerprint density at radius 2 is 1.68 bits per heavy atom. The summed E-state index contributed by atoms with van der Waals surface area (Å²) in [5.41, 5.74) is 4.23. The van der Waals surface area contributed by atoms with E-state index in [0.717, 1.165) is 0 Å². The Kier molecular flexibility index (Phi) is 4.88. The molecule has 0 aromatic heterocycles. The van der Waals surface area contributed by atoms with E-state index in [0.29, 0.717) is 0 Å². The summed E-state index contributed by atoms with van der Waals surface area (Å²) in [4.78, 5) is 11.7. The van der Waals surface area contributed by atoms with Gasteiger partial charge in [0.25, 0.3) is 0 Å². The standard InChI is InChI=1S/C12H14F4N2O/c1-5(2)6(4-17)12(19)18-11-9(15)7(13)3-8(14)10(11)16/h3,5-6H,4,17H2,1-2H3,(H,18,19). The number of carbonyl (C=O) groups excluding carboxylic acids is 1. The number of hydrogen-bond donors (Lipinski definition) is 2. The van der Waals surface area contributed by atoms with Crippen molar-refractivity contribution in [3.63, 3.8) is 0 Å². The van der Waals surface area contributed by atoms with Crippen LogP contribution in [0.1, 0.15) is 13.8 Å². The Labute approximate surface area is 107 Å². The fraction of sp³-hybridized carbons (Fsp3) is 0.417. The lowest BCUT2D eigenvalue weighted by molar-refractivity contribution is -0.120. The van der Waals surface area contributed by atoms with Gasteiger partial charge in [-0.3, -0.25) is 4.79 Å². The Morgan fingerprint density at radius 3 is 2.05 bits per heavy atom. The van der Waals surface area contributed by atoms with Crippen molar-refractivity contribution in [1.29, 1.82) is 0 Å². The molecule has 1 unspecified atom stereocenters. The van der Waals surface area contributed by atoms with Gasteiger partial charge in [-0.05, 0) is 5.92 Å². The molecule has 0 saturated heterocycles. The molecule has 0 radical (unpaired) electrons. The maximum Gasteiger partial charge on any atom is 0.229 e. The molecule has 1 rings (SSSR count). The normalized spacial score (nSPS) is 12.6. The molecule has 1 amide bonds. The van der Waals surface area contributed by atoms with Gasteiger partial charge >= 0.3 is 0 Å². The van der Waals surface area contributed by atoms with Gasteiger partial charge in [-0.15, -0.1) is 0 Å². The van der Waals surface area contributed by atoms with Gasteiger partial charge in [0.1, 0.15) is 5.69 Å². The van der Waals surface area contributed by atoms with Crippen LogP contribution < -0.4 is 11.1 Å². The van der Waals surface area contributed by atoms with Gasteiger partial charge < -0.3 is 11.1 Å². The van der Waals surface area contributed by atoms with E-state index >= 15 is 0 Å². The number of benzene rings is 1.